The molecule has 0 fully saturated rings. The van der Waals surface area contributed by atoms with Crippen molar-refractivity contribution >= 4 is 0 Å². The quantitative estimate of drug-likeness (QED) is 0.731. The standard InChI is InChI=1S/C11H19N3O/c1-9(3-5-12)14-7-10-4-6-13-8-11(10)15-2/h4,6,8-9,14H,3,5,7,12H2,1-2H3. The van der Waals surface area contributed by atoms with E-state index in [0.717, 1.165) is 24.3 Å². The number of pyridine rings is 1. The molecular weight excluding hydrogens is 190 g/mol. The second-order valence-electron chi connectivity index (χ2n) is 3.55. The van der Waals surface area contributed by atoms with Crippen molar-refractivity contribution in [3.8, 4) is 5.75 Å². The summed E-state index contributed by atoms with van der Waals surface area (Å²) in [5.41, 5.74) is 6.60. The van der Waals surface area contributed by atoms with E-state index in [9.17, 15) is 0 Å². The molecule has 0 bridgehead atoms. The van der Waals surface area contributed by atoms with Gasteiger partial charge in [-0.25, -0.2) is 0 Å². The van der Waals surface area contributed by atoms with Crippen LogP contribution in [0.2, 0.25) is 0 Å². The molecule has 0 aromatic carbocycles. The molecule has 1 rings (SSSR count). The van der Waals surface area contributed by atoms with Gasteiger partial charge in [0.15, 0.2) is 0 Å². The monoisotopic (exact) mass is 209 g/mol. The molecule has 1 unspecified atom stereocenters. The normalized spacial score (nSPS) is 12.5. The molecule has 0 spiro atoms. The second-order valence-corrected chi connectivity index (χ2v) is 3.55. The van der Waals surface area contributed by atoms with Crippen LogP contribution in [-0.2, 0) is 6.54 Å². The van der Waals surface area contributed by atoms with E-state index < -0.39 is 0 Å². The van der Waals surface area contributed by atoms with Crippen molar-refractivity contribution in [1.82, 2.24) is 10.3 Å². The molecule has 4 heteroatoms. The summed E-state index contributed by atoms with van der Waals surface area (Å²) < 4.78 is 5.21. The summed E-state index contributed by atoms with van der Waals surface area (Å²) in [6, 6.07) is 2.38. The lowest BCUT2D eigenvalue weighted by Gasteiger charge is -2.14. The Morgan fingerprint density at radius 2 is 2.40 bits per heavy atom. The predicted molar refractivity (Wildman–Crippen MR) is 60.8 cm³/mol. The third-order valence-electron chi connectivity index (χ3n) is 2.33. The number of rotatable bonds is 6. The summed E-state index contributed by atoms with van der Waals surface area (Å²) in [6.45, 7) is 3.62. The van der Waals surface area contributed by atoms with Gasteiger partial charge in [-0.05, 0) is 26.0 Å². The highest BCUT2D eigenvalue weighted by molar-refractivity contribution is 5.29. The highest BCUT2D eigenvalue weighted by atomic mass is 16.5. The molecule has 0 aliphatic heterocycles. The molecule has 0 amide bonds. The molecule has 1 aromatic rings. The molecule has 3 N–H and O–H groups in total. The van der Waals surface area contributed by atoms with E-state index in [-0.39, 0.29) is 0 Å². The Balaban J connectivity index is 2.49. The fraction of sp³-hybridized carbons (Fsp3) is 0.545. The van der Waals surface area contributed by atoms with Crippen LogP contribution in [0.3, 0.4) is 0 Å². The Morgan fingerprint density at radius 3 is 3.07 bits per heavy atom. The molecule has 0 radical (unpaired) electrons. The minimum Gasteiger partial charge on any atom is -0.495 e. The average molecular weight is 209 g/mol. The number of aromatic nitrogens is 1. The smallest absolute Gasteiger partial charge is 0.141 e. The Labute approximate surface area is 90.8 Å². The van der Waals surface area contributed by atoms with E-state index in [0.29, 0.717) is 12.6 Å². The Bertz CT molecular complexity index is 291. The van der Waals surface area contributed by atoms with Crippen LogP contribution in [0, 0.1) is 0 Å². The molecule has 0 saturated carbocycles. The minimum absolute atomic E-state index is 0.424. The van der Waals surface area contributed by atoms with Gasteiger partial charge < -0.3 is 15.8 Å². The fourth-order valence-electron chi connectivity index (χ4n) is 1.37. The summed E-state index contributed by atoms with van der Waals surface area (Å²) in [7, 11) is 1.66. The Hall–Kier alpha value is -1.13. The van der Waals surface area contributed by atoms with Crippen molar-refractivity contribution in [2.45, 2.75) is 25.9 Å². The fourth-order valence-corrected chi connectivity index (χ4v) is 1.37. The molecule has 15 heavy (non-hydrogen) atoms. The summed E-state index contributed by atoms with van der Waals surface area (Å²) in [6.07, 6.45) is 4.48. The van der Waals surface area contributed by atoms with Gasteiger partial charge in [0.2, 0.25) is 0 Å². The van der Waals surface area contributed by atoms with Crippen molar-refractivity contribution in [3.05, 3.63) is 24.0 Å². The number of hydrogen-bond acceptors (Lipinski definition) is 4. The van der Waals surface area contributed by atoms with Gasteiger partial charge in [-0.15, -0.1) is 0 Å². The van der Waals surface area contributed by atoms with Gasteiger partial charge in [-0.3, -0.25) is 4.98 Å². The molecule has 0 aliphatic carbocycles. The molecular formula is C11H19N3O. The lowest BCUT2D eigenvalue weighted by molar-refractivity contribution is 0.403. The van der Waals surface area contributed by atoms with Crippen LogP contribution in [0.15, 0.2) is 18.5 Å². The molecule has 0 aliphatic rings. The third kappa shape index (κ3) is 3.85. The first kappa shape index (κ1) is 11.9. The van der Waals surface area contributed by atoms with E-state index in [1.54, 1.807) is 19.5 Å². The van der Waals surface area contributed by atoms with Crippen LogP contribution in [0.5, 0.6) is 5.75 Å². The lowest BCUT2D eigenvalue weighted by atomic mass is 10.2. The molecule has 0 saturated heterocycles. The second kappa shape index (κ2) is 6.37. The topological polar surface area (TPSA) is 60.2 Å². The maximum atomic E-state index is 5.48. The van der Waals surface area contributed by atoms with Gasteiger partial charge in [0.05, 0.1) is 13.3 Å². The average Bonchev–Trinajstić information content (AvgIpc) is 2.27. The molecule has 1 atom stereocenters. The van der Waals surface area contributed by atoms with Gasteiger partial charge in [-0.2, -0.15) is 0 Å². The number of ether oxygens (including phenoxy) is 1. The summed E-state index contributed by atoms with van der Waals surface area (Å²) in [4.78, 5) is 4.01. The zero-order valence-electron chi connectivity index (χ0n) is 9.36. The van der Waals surface area contributed by atoms with Crippen molar-refractivity contribution in [2.75, 3.05) is 13.7 Å². The Kier molecular flexibility index (Phi) is 5.07. The maximum Gasteiger partial charge on any atom is 0.141 e. The molecule has 4 nitrogen and oxygen atoms in total. The van der Waals surface area contributed by atoms with E-state index >= 15 is 0 Å². The van der Waals surface area contributed by atoms with Crippen molar-refractivity contribution in [1.29, 1.82) is 0 Å². The van der Waals surface area contributed by atoms with Crippen molar-refractivity contribution in [3.63, 3.8) is 0 Å². The van der Waals surface area contributed by atoms with Crippen LogP contribution in [-0.4, -0.2) is 24.7 Å². The van der Waals surface area contributed by atoms with Crippen LogP contribution in [0.25, 0.3) is 0 Å². The number of nitrogens with zero attached hydrogens (tertiary/aromatic N) is 1. The van der Waals surface area contributed by atoms with Gasteiger partial charge in [0.25, 0.3) is 0 Å². The first-order valence-corrected chi connectivity index (χ1v) is 5.18. The van der Waals surface area contributed by atoms with Gasteiger partial charge in [0, 0.05) is 24.3 Å². The van der Waals surface area contributed by atoms with Gasteiger partial charge in [-0.1, -0.05) is 0 Å². The van der Waals surface area contributed by atoms with Gasteiger partial charge in [0.1, 0.15) is 5.75 Å². The largest absolute Gasteiger partial charge is 0.495 e. The predicted octanol–water partition coefficient (Wildman–Crippen LogP) is 0.917. The van der Waals surface area contributed by atoms with E-state index in [1.807, 2.05) is 6.07 Å². The summed E-state index contributed by atoms with van der Waals surface area (Å²) in [5.74, 6) is 0.824. The Morgan fingerprint density at radius 1 is 1.60 bits per heavy atom. The third-order valence-corrected chi connectivity index (χ3v) is 2.33. The van der Waals surface area contributed by atoms with E-state index in [2.05, 4.69) is 17.2 Å². The zero-order valence-corrected chi connectivity index (χ0v) is 9.36. The van der Waals surface area contributed by atoms with Crippen molar-refractivity contribution in [2.24, 2.45) is 5.73 Å². The maximum absolute atomic E-state index is 5.48. The van der Waals surface area contributed by atoms with Crippen LogP contribution in [0.4, 0.5) is 0 Å². The highest BCUT2D eigenvalue weighted by Gasteiger charge is 2.04. The van der Waals surface area contributed by atoms with E-state index in [1.165, 1.54) is 0 Å². The number of nitrogens with one attached hydrogen (secondary N) is 1. The lowest BCUT2D eigenvalue weighted by Crippen LogP contribution is -2.28. The highest BCUT2D eigenvalue weighted by Crippen LogP contribution is 2.15. The van der Waals surface area contributed by atoms with Crippen LogP contribution < -0.4 is 15.8 Å². The van der Waals surface area contributed by atoms with Crippen LogP contribution in [0.1, 0.15) is 18.9 Å². The van der Waals surface area contributed by atoms with Gasteiger partial charge >= 0.3 is 0 Å². The van der Waals surface area contributed by atoms with E-state index in [4.69, 9.17) is 10.5 Å². The number of hydrogen-bond donors (Lipinski definition) is 2. The summed E-state index contributed by atoms with van der Waals surface area (Å²) >= 11 is 0. The first-order valence-electron chi connectivity index (χ1n) is 5.18. The van der Waals surface area contributed by atoms with Crippen LogP contribution >= 0.6 is 0 Å². The SMILES string of the molecule is COc1cnccc1CNC(C)CCN. The van der Waals surface area contributed by atoms with Crippen molar-refractivity contribution < 1.29 is 4.74 Å². The number of nitrogens with two attached hydrogens (primary N) is 1. The summed E-state index contributed by atoms with van der Waals surface area (Å²) in [5, 5.41) is 3.39. The number of methoxy groups -OCH3 is 1. The molecule has 84 valence electrons. The minimum atomic E-state index is 0.424. The first-order chi connectivity index (χ1) is 7.27. The zero-order chi connectivity index (χ0) is 11.1. The molecule has 1 heterocycles. The molecule has 1 aromatic heterocycles.